The Morgan fingerprint density at radius 1 is 0.836 bits per heavy atom. The third-order valence-electron chi connectivity index (χ3n) is 8.64. The first-order valence-corrected chi connectivity index (χ1v) is 20.8. The minimum atomic E-state index is -2.19. The van der Waals surface area contributed by atoms with E-state index in [-0.39, 0.29) is 37.7 Å². The summed E-state index contributed by atoms with van der Waals surface area (Å²) >= 11 is 11.8. The third kappa shape index (κ3) is 14.8. The number of ether oxygens (including phenoxy) is 3. The number of hydrogen-bond acceptors (Lipinski definition) is 8. The molecule has 0 aliphatic carbocycles. The maximum atomic E-state index is 13.0. The summed E-state index contributed by atoms with van der Waals surface area (Å²) in [5.74, 6) is -0.179. The second-order valence-electron chi connectivity index (χ2n) is 15.5. The molecule has 0 saturated carbocycles. The first-order valence-electron chi connectivity index (χ1n) is 18.4. The molecule has 55 heavy (non-hydrogen) atoms. The molecule has 12 heteroatoms. The molecule has 1 aliphatic rings. The van der Waals surface area contributed by atoms with Crippen molar-refractivity contribution in [2.24, 2.45) is 5.41 Å². The van der Waals surface area contributed by atoms with Gasteiger partial charge in [-0.05, 0) is 78.5 Å². The van der Waals surface area contributed by atoms with E-state index in [0.29, 0.717) is 23.8 Å². The molecule has 1 fully saturated rings. The number of amides is 1. The Morgan fingerprint density at radius 2 is 1.38 bits per heavy atom. The van der Waals surface area contributed by atoms with Crippen LogP contribution in [-0.2, 0) is 18.6 Å². The van der Waals surface area contributed by atoms with Crippen LogP contribution >= 0.6 is 23.2 Å². The van der Waals surface area contributed by atoms with E-state index in [0.717, 1.165) is 21.0 Å². The number of Topliss-reactive ketones (excluding diaryl/α,β-unsaturated/α-hetero) is 1. The molecule has 9 nitrogen and oxygen atoms in total. The molecule has 1 heterocycles. The summed E-state index contributed by atoms with van der Waals surface area (Å²) in [7, 11) is -2.19. The second kappa shape index (κ2) is 21.1. The predicted molar refractivity (Wildman–Crippen MR) is 222 cm³/mol. The van der Waals surface area contributed by atoms with Crippen molar-refractivity contribution < 1.29 is 33.3 Å². The number of carbonyl (C=O) groups is 2. The number of aliphatic hydroxyl groups is 1. The summed E-state index contributed by atoms with van der Waals surface area (Å²) < 4.78 is 23.9. The molecular formula is C43H54Cl2N2O7Si. The van der Waals surface area contributed by atoms with Gasteiger partial charge < -0.3 is 34.4 Å². The molecule has 4 aromatic rings. The van der Waals surface area contributed by atoms with Gasteiger partial charge in [0, 0.05) is 15.6 Å². The molecule has 0 radical (unpaired) electrons. The number of morpholine rings is 1. The molecule has 1 amide bonds. The van der Waals surface area contributed by atoms with Crippen molar-refractivity contribution in [1.82, 2.24) is 10.6 Å². The van der Waals surface area contributed by atoms with Crippen molar-refractivity contribution in [3.8, 4) is 0 Å². The zero-order chi connectivity index (χ0) is 40.0. The summed E-state index contributed by atoms with van der Waals surface area (Å²) in [6.07, 6.45) is -1.02. The molecule has 0 bridgehead atoms. The summed E-state index contributed by atoms with van der Waals surface area (Å²) in [4.78, 5) is 25.7. The number of benzene rings is 4. The minimum absolute atomic E-state index is 0.0272. The number of carbonyl (C=O) groups excluding carboxylic acids is 2. The van der Waals surface area contributed by atoms with Gasteiger partial charge in [-0.2, -0.15) is 0 Å². The Kier molecular flexibility index (Phi) is 16.9. The Hall–Kier alpha value is -3.58. The predicted octanol–water partition coefficient (Wildman–Crippen LogP) is 6.76. The highest BCUT2D eigenvalue weighted by Crippen LogP contribution is 2.27. The number of hydrogen-bond donors (Lipinski definition) is 3. The molecule has 4 aromatic carbocycles. The molecule has 296 valence electrons. The summed E-state index contributed by atoms with van der Waals surface area (Å²) in [5, 5.41) is 18.9. The normalized spacial score (nSPS) is 17.1. The van der Waals surface area contributed by atoms with Gasteiger partial charge in [0.2, 0.25) is 9.04 Å². The van der Waals surface area contributed by atoms with Gasteiger partial charge in [-0.1, -0.05) is 117 Å². The fraction of sp³-hybridized carbons (Fsp3) is 0.395. The quantitative estimate of drug-likeness (QED) is 0.100. The molecule has 5 rings (SSSR count). The third-order valence-corrected chi connectivity index (χ3v) is 11.7. The van der Waals surface area contributed by atoms with Crippen LogP contribution in [0.2, 0.25) is 10.0 Å². The summed E-state index contributed by atoms with van der Waals surface area (Å²) in [6, 6.07) is 34.3. The van der Waals surface area contributed by atoms with Crippen LogP contribution in [0.1, 0.15) is 63.5 Å². The van der Waals surface area contributed by atoms with Crippen molar-refractivity contribution in [1.29, 1.82) is 0 Å². The van der Waals surface area contributed by atoms with Crippen LogP contribution in [0.25, 0.3) is 0 Å². The molecule has 1 unspecified atom stereocenters. The zero-order valence-corrected chi connectivity index (χ0v) is 35.1. The maximum Gasteiger partial charge on any atom is 0.408 e. The van der Waals surface area contributed by atoms with Gasteiger partial charge in [0.25, 0.3) is 0 Å². The molecular weight excluding hydrogens is 755 g/mol. The van der Waals surface area contributed by atoms with E-state index in [9.17, 15) is 9.59 Å². The van der Waals surface area contributed by atoms with Crippen LogP contribution in [0, 0.1) is 5.41 Å². The van der Waals surface area contributed by atoms with Crippen LogP contribution in [-0.4, -0.2) is 82.8 Å². The fourth-order valence-electron chi connectivity index (χ4n) is 6.02. The van der Waals surface area contributed by atoms with E-state index < -0.39 is 38.3 Å². The van der Waals surface area contributed by atoms with Gasteiger partial charge in [0.15, 0.2) is 5.78 Å². The lowest BCUT2D eigenvalue weighted by Gasteiger charge is -2.40. The van der Waals surface area contributed by atoms with Gasteiger partial charge in [-0.15, -0.1) is 0 Å². The van der Waals surface area contributed by atoms with E-state index in [1.54, 1.807) is 24.3 Å². The van der Waals surface area contributed by atoms with Gasteiger partial charge in [0.05, 0.1) is 50.7 Å². The first-order chi connectivity index (χ1) is 26.1. The maximum absolute atomic E-state index is 13.0. The van der Waals surface area contributed by atoms with Crippen LogP contribution in [0.4, 0.5) is 4.79 Å². The average molecular weight is 810 g/mol. The van der Waals surface area contributed by atoms with E-state index in [2.05, 4.69) is 55.7 Å². The number of aliphatic hydroxyl groups excluding tert-OH is 1. The minimum Gasteiger partial charge on any atom is -0.444 e. The van der Waals surface area contributed by atoms with Gasteiger partial charge in [0.1, 0.15) is 12.2 Å². The van der Waals surface area contributed by atoms with Crippen molar-refractivity contribution in [2.75, 3.05) is 33.0 Å². The van der Waals surface area contributed by atoms with Crippen LogP contribution in [0.5, 0.6) is 0 Å². The fourth-order valence-corrected chi connectivity index (χ4v) is 9.00. The summed E-state index contributed by atoms with van der Waals surface area (Å²) in [6.45, 7) is 12.9. The average Bonchev–Trinajstić information content (AvgIpc) is 3.15. The van der Waals surface area contributed by atoms with Crippen molar-refractivity contribution >= 4 is 54.5 Å². The summed E-state index contributed by atoms with van der Waals surface area (Å²) in [5.41, 5.74) is 0.574. The van der Waals surface area contributed by atoms with Crippen LogP contribution in [0.3, 0.4) is 0 Å². The largest absolute Gasteiger partial charge is 0.444 e. The zero-order valence-electron chi connectivity index (χ0n) is 32.5. The Balaban J connectivity index is 0.000000371. The van der Waals surface area contributed by atoms with E-state index in [4.69, 9.17) is 46.9 Å². The molecule has 0 aromatic heterocycles. The van der Waals surface area contributed by atoms with Crippen molar-refractivity contribution in [3.05, 3.63) is 130 Å². The highest BCUT2D eigenvalue weighted by Gasteiger charge is 2.38. The van der Waals surface area contributed by atoms with Crippen molar-refractivity contribution in [3.63, 3.8) is 0 Å². The van der Waals surface area contributed by atoms with Crippen LogP contribution in [0.15, 0.2) is 109 Å². The molecule has 1 aliphatic heterocycles. The highest BCUT2D eigenvalue weighted by molar-refractivity contribution is 6.80. The Labute approximate surface area is 337 Å². The lowest BCUT2D eigenvalue weighted by Crippen LogP contribution is -2.58. The van der Waals surface area contributed by atoms with Crippen LogP contribution < -0.4 is 21.0 Å². The Morgan fingerprint density at radius 3 is 1.89 bits per heavy atom. The lowest BCUT2D eigenvalue weighted by atomic mass is 9.85. The molecule has 4 atom stereocenters. The standard InChI is InChI=1S/C32H40ClNO5Si.C11H14ClNO2/c1-31(2,3)29(39-40(25-13-9-7-10-14-25)26-15-11-8-12-16-26)27(34-30(36)38-32(4,5)6)21-37-22-28(35)23-17-19-24(33)20-18-23;12-9-3-1-8(2-4-9)11-7-15-6-10(5-14)13-11/h7-20,27,29,40H,21-22H2,1-6H3,(H,34,36);1-4,10-11,13-14H,5-7H2/t27-,29?;10-,11-/m10/s1. The van der Waals surface area contributed by atoms with Gasteiger partial charge in [-0.25, -0.2) is 4.79 Å². The van der Waals surface area contributed by atoms with Crippen molar-refractivity contribution in [2.45, 2.75) is 71.4 Å². The smallest absolute Gasteiger partial charge is 0.408 e. The van der Waals surface area contributed by atoms with E-state index in [1.807, 2.05) is 81.4 Å². The number of halogens is 2. The molecule has 3 N–H and O–H groups in total. The monoisotopic (exact) mass is 808 g/mol. The SMILES string of the molecule is CC(C)(C)OC(=O)N[C@H](COCC(=O)c1ccc(Cl)cc1)C(O[SiH](c1ccccc1)c1ccccc1)C(C)(C)C.OC[C@H]1COC[C@@H](c2ccc(Cl)cc2)N1. The topological polar surface area (TPSA) is 115 Å². The molecule has 1 saturated heterocycles. The highest BCUT2D eigenvalue weighted by atomic mass is 35.5. The number of nitrogens with one attached hydrogen (secondary N) is 2. The van der Waals surface area contributed by atoms with Gasteiger partial charge in [-0.3, -0.25) is 4.79 Å². The number of rotatable bonds is 13. The van der Waals surface area contributed by atoms with Gasteiger partial charge >= 0.3 is 6.09 Å². The van der Waals surface area contributed by atoms with E-state index >= 15 is 0 Å². The number of ketones is 1. The van der Waals surface area contributed by atoms with E-state index in [1.165, 1.54) is 0 Å². The first kappa shape index (κ1) is 44.1. The Bertz CT molecular complexity index is 1710. The lowest BCUT2D eigenvalue weighted by molar-refractivity contribution is 0.000294. The molecule has 0 spiro atoms. The number of alkyl carbamates (subject to hydrolysis) is 1. The second-order valence-corrected chi connectivity index (χ2v) is 18.7.